The number of imidazole rings is 1. The summed E-state index contributed by atoms with van der Waals surface area (Å²) in [4.78, 5) is 22.0. The Morgan fingerprint density at radius 3 is 3.00 bits per heavy atom. The van der Waals surface area contributed by atoms with Gasteiger partial charge in [-0.15, -0.1) is 0 Å². The molecule has 1 saturated carbocycles. The highest BCUT2D eigenvalue weighted by Gasteiger charge is 2.33. The van der Waals surface area contributed by atoms with Crippen LogP contribution in [0, 0.1) is 0 Å². The van der Waals surface area contributed by atoms with Crippen LogP contribution in [0.15, 0.2) is 6.33 Å². The summed E-state index contributed by atoms with van der Waals surface area (Å²) in [5, 5.41) is 12.5. The Labute approximate surface area is 118 Å². The number of rotatable bonds is 4. The van der Waals surface area contributed by atoms with Crippen LogP contribution in [0.2, 0.25) is 0 Å². The van der Waals surface area contributed by atoms with Gasteiger partial charge in [-0.3, -0.25) is 10.1 Å². The molecule has 1 aromatic rings. The van der Waals surface area contributed by atoms with E-state index in [1.807, 2.05) is 4.90 Å². The van der Waals surface area contributed by atoms with Crippen molar-refractivity contribution in [2.75, 3.05) is 13.2 Å². The van der Waals surface area contributed by atoms with Crippen molar-refractivity contribution in [3.63, 3.8) is 0 Å². The molecule has 2 heterocycles. The molecule has 1 aliphatic carbocycles. The van der Waals surface area contributed by atoms with Crippen molar-refractivity contribution in [2.24, 2.45) is 0 Å². The van der Waals surface area contributed by atoms with Crippen LogP contribution in [0.3, 0.4) is 0 Å². The van der Waals surface area contributed by atoms with Crippen LogP contribution in [0.25, 0.3) is 0 Å². The van der Waals surface area contributed by atoms with Gasteiger partial charge in [0.15, 0.2) is 0 Å². The van der Waals surface area contributed by atoms with Crippen molar-refractivity contribution >= 4 is 5.91 Å². The van der Waals surface area contributed by atoms with Crippen LogP contribution >= 0.6 is 0 Å². The first kappa shape index (κ1) is 13.6. The molecule has 0 spiro atoms. The van der Waals surface area contributed by atoms with Crippen molar-refractivity contribution < 1.29 is 9.90 Å². The minimum atomic E-state index is -0.210. The predicted molar refractivity (Wildman–Crippen MR) is 74.0 cm³/mol. The van der Waals surface area contributed by atoms with Crippen LogP contribution < -0.4 is 5.32 Å². The van der Waals surface area contributed by atoms with Gasteiger partial charge in [0, 0.05) is 25.6 Å². The van der Waals surface area contributed by atoms with Crippen molar-refractivity contribution in [3.8, 4) is 0 Å². The lowest BCUT2D eigenvalue weighted by molar-refractivity contribution is -0.136. The summed E-state index contributed by atoms with van der Waals surface area (Å²) in [5.41, 5.74) is 2.06. The normalized spacial score (nSPS) is 22.8. The molecule has 110 valence electrons. The Kier molecular flexibility index (Phi) is 4.03. The fourth-order valence-electron chi connectivity index (χ4n) is 3.34. The Balaban J connectivity index is 1.70. The molecule has 0 bridgehead atoms. The number of aliphatic hydroxyl groups excluding tert-OH is 1. The molecule has 0 saturated heterocycles. The minimum Gasteiger partial charge on any atom is -0.395 e. The predicted octanol–water partition coefficient (Wildman–Crippen LogP) is 0.188. The standard InChI is InChI=1S/C14H22N4O2/c19-6-5-18(10-3-1-2-4-10)14(20)12-7-11-13(8-15-12)17-9-16-11/h9-10,12,15,19H,1-8H2,(H,16,17). The monoisotopic (exact) mass is 278 g/mol. The zero-order chi connectivity index (χ0) is 13.9. The summed E-state index contributed by atoms with van der Waals surface area (Å²) in [6.45, 7) is 1.13. The van der Waals surface area contributed by atoms with Gasteiger partial charge in [0.1, 0.15) is 0 Å². The molecule has 1 amide bonds. The molecule has 1 aromatic heterocycles. The fraction of sp³-hybridized carbons (Fsp3) is 0.714. The van der Waals surface area contributed by atoms with Crippen LogP contribution in [-0.4, -0.2) is 51.1 Å². The molecule has 0 aromatic carbocycles. The third-order valence-corrected chi connectivity index (χ3v) is 4.42. The van der Waals surface area contributed by atoms with Crippen molar-refractivity contribution in [2.45, 2.75) is 50.7 Å². The van der Waals surface area contributed by atoms with Gasteiger partial charge in [0.2, 0.25) is 5.91 Å². The lowest BCUT2D eigenvalue weighted by Gasteiger charge is -2.33. The van der Waals surface area contributed by atoms with E-state index in [2.05, 4.69) is 15.3 Å². The number of nitrogens with zero attached hydrogens (tertiary/aromatic N) is 2. The maximum atomic E-state index is 12.7. The first-order chi connectivity index (χ1) is 9.79. The van der Waals surface area contributed by atoms with Gasteiger partial charge in [-0.25, -0.2) is 4.98 Å². The molecule has 20 heavy (non-hydrogen) atoms. The molecule has 6 heteroatoms. The summed E-state index contributed by atoms with van der Waals surface area (Å²) in [5.74, 6) is 0.111. The topological polar surface area (TPSA) is 81.2 Å². The van der Waals surface area contributed by atoms with Crippen molar-refractivity contribution in [3.05, 3.63) is 17.7 Å². The van der Waals surface area contributed by atoms with Gasteiger partial charge >= 0.3 is 0 Å². The number of fused-ring (bicyclic) bond motifs is 1. The van der Waals surface area contributed by atoms with Crippen LogP contribution in [0.1, 0.15) is 37.1 Å². The average Bonchev–Trinajstić information content (AvgIpc) is 3.13. The lowest BCUT2D eigenvalue weighted by Crippen LogP contribution is -2.52. The second-order valence-corrected chi connectivity index (χ2v) is 5.66. The fourth-order valence-corrected chi connectivity index (χ4v) is 3.34. The molecule has 1 unspecified atom stereocenters. The molecule has 1 aliphatic heterocycles. The number of aromatic amines is 1. The molecule has 1 fully saturated rings. The van der Waals surface area contributed by atoms with E-state index in [1.165, 1.54) is 12.8 Å². The maximum Gasteiger partial charge on any atom is 0.240 e. The third-order valence-electron chi connectivity index (χ3n) is 4.42. The molecular formula is C14H22N4O2. The van der Waals surface area contributed by atoms with Gasteiger partial charge < -0.3 is 15.0 Å². The Hall–Kier alpha value is -1.40. The number of hydrogen-bond donors (Lipinski definition) is 3. The highest BCUT2D eigenvalue weighted by Crippen LogP contribution is 2.25. The maximum absolute atomic E-state index is 12.7. The molecule has 1 atom stereocenters. The number of carbonyl (C=O) groups excluding carboxylic acids is 1. The SMILES string of the molecule is O=C(C1Cc2nc[nH]c2CN1)N(CCO)C1CCCC1. The number of aliphatic hydroxyl groups is 1. The van der Waals surface area contributed by atoms with E-state index in [4.69, 9.17) is 0 Å². The zero-order valence-electron chi connectivity index (χ0n) is 11.6. The Morgan fingerprint density at radius 1 is 1.45 bits per heavy atom. The zero-order valence-corrected chi connectivity index (χ0v) is 11.6. The molecule has 2 aliphatic rings. The second kappa shape index (κ2) is 5.93. The van der Waals surface area contributed by atoms with Gasteiger partial charge in [0.05, 0.1) is 30.4 Å². The van der Waals surface area contributed by atoms with E-state index < -0.39 is 0 Å². The summed E-state index contributed by atoms with van der Waals surface area (Å²) in [7, 11) is 0. The largest absolute Gasteiger partial charge is 0.395 e. The van der Waals surface area contributed by atoms with Gasteiger partial charge in [-0.2, -0.15) is 0 Å². The molecule has 3 rings (SSSR count). The van der Waals surface area contributed by atoms with E-state index >= 15 is 0 Å². The van der Waals surface area contributed by atoms with E-state index in [0.717, 1.165) is 24.2 Å². The summed E-state index contributed by atoms with van der Waals surface area (Å²) in [6.07, 6.45) is 6.80. The number of carbonyl (C=O) groups is 1. The smallest absolute Gasteiger partial charge is 0.240 e. The first-order valence-corrected chi connectivity index (χ1v) is 7.45. The van der Waals surface area contributed by atoms with E-state index in [9.17, 15) is 9.90 Å². The van der Waals surface area contributed by atoms with Crippen LogP contribution in [0.4, 0.5) is 0 Å². The Bertz CT molecular complexity index is 467. The number of amides is 1. The molecule has 6 nitrogen and oxygen atoms in total. The summed E-state index contributed by atoms with van der Waals surface area (Å²) < 4.78 is 0. The second-order valence-electron chi connectivity index (χ2n) is 5.66. The Morgan fingerprint density at radius 2 is 2.25 bits per heavy atom. The molecular weight excluding hydrogens is 256 g/mol. The average molecular weight is 278 g/mol. The highest BCUT2D eigenvalue weighted by molar-refractivity contribution is 5.82. The van der Waals surface area contributed by atoms with E-state index in [0.29, 0.717) is 25.6 Å². The van der Waals surface area contributed by atoms with Gasteiger partial charge in [-0.05, 0) is 12.8 Å². The third kappa shape index (κ3) is 2.58. The highest BCUT2D eigenvalue weighted by atomic mass is 16.3. The van der Waals surface area contributed by atoms with Crippen LogP contribution in [0.5, 0.6) is 0 Å². The summed E-state index contributed by atoms with van der Waals surface area (Å²) in [6, 6.07) is 0.0926. The number of hydrogen-bond acceptors (Lipinski definition) is 4. The molecule has 3 N–H and O–H groups in total. The van der Waals surface area contributed by atoms with Crippen molar-refractivity contribution in [1.82, 2.24) is 20.2 Å². The minimum absolute atomic E-state index is 0.0304. The first-order valence-electron chi connectivity index (χ1n) is 7.45. The van der Waals surface area contributed by atoms with Crippen LogP contribution in [-0.2, 0) is 17.8 Å². The number of nitrogens with one attached hydrogen (secondary N) is 2. The number of H-pyrrole nitrogens is 1. The van der Waals surface area contributed by atoms with E-state index in [1.54, 1.807) is 6.33 Å². The number of aromatic nitrogens is 2. The van der Waals surface area contributed by atoms with Gasteiger partial charge in [-0.1, -0.05) is 12.8 Å². The van der Waals surface area contributed by atoms with Crippen molar-refractivity contribution in [1.29, 1.82) is 0 Å². The summed E-state index contributed by atoms with van der Waals surface area (Å²) >= 11 is 0. The van der Waals surface area contributed by atoms with E-state index in [-0.39, 0.29) is 18.6 Å². The van der Waals surface area contributed by atoms with Gasteiger partial charge in [0.25, 0.3) is 0 Å². The molecule has 0 radical (unpaired) electrons. The quantitative estimate of drug-likeness (QED) is 0.734. The lowest BCUT2D eigenvalue weighted by atomic mass is 10.0.